The summed E-state index contributed by atoms with van der Waals surface area (Å²) in [7, 11) is 0. The summed E-state index contributed by atoms with van der Waals surface area (Å²) in [6, 6.07) is 8.78. The smallest absolute Gasteiger partial charge is 0.318 e. The molecule has 0 saturated carbocycles. The van der Waals surface area contributed by atoms with Crippen LogP contribution in [0, 0.1) is 20.2 Å². The number of aryl methyl sites for hydroxylation is 1. The monoisotopic (exact) mass is 372 g/mol. The zero-order valence-electron chi connectivity index (χ0n) is 14.5. The van der Waals surface area contributed by atoms with E-state index in [1.165, 1.54) is 0 Å². The van der Waals surface area contributed by atoms with Crippen molar-refractivity contribution in [2.75, 3.05) is 0 Å². The van der Waals surface area contributed by atoms with Crippen LogP contribution < -0.4 is 5.43 Å². The van der Waals surface area contributed by atoms with Gasteiger partial charge in [-0.2, -0.15) is 5.10 Å². The number of benzene rings is 2. The fourth-order valence-corrected chi connectivity index (χ4v) is 2.26. The Labute approximate surface area is 153 Å². The Balaban J connectivity index is 2.31. The number of hydrazone groups is 1. The second-order valence-electron chi connectivity index (χ2n) is 5.56. The number of nitrogens with one attached hydrogen (secondary N) is 1. The number of carbonyl (C=O) groups excluding carboxylic acids is 1. The Bertz CT molecular complexity index is 937. The molecule has 2 N–H and O–H groups in total. The third-order valence-electron chi connectivity index (χ3n) is 3.83. The number of aromatic hydroxyl groups is 1. The maximum absolute atomic E-state index is 12.2. The predicted molar refractivity (Wildman–Crippen MR) is 96.9 cm³/mol. The average molecular weight is 372 g/mol. The fourth-order valence-electron chi connectivity index (χ4n) is 2.26. The van der Waals surface area contributed by atoms with Crippen LogP contribution in [-0.2, 0) is 6.42 Å². The molecule has 0 aliphatic rings. The largest absolute Gasteiger partial charge is 0.502 e. The average Bonchev–Trinajstić information content (AvgIpc) is 2.65. The molecule has 1 amide bonds. The van der Waals surface area contributed by atoms with Crippen molar-refractivity contribution in [2.24, 2.45) is 5.10 Å². The van der Waals surface area contributed by atoms with E-state index in [0.717, 1.165) is 23.6 Å². The van der Waals surface area contributed by atoms with Crippen LogP contribution in [0.2, 0.25) is 0 Å². The van der Waals surface area contributed by atoms with Crippen molar-refractivity contribution in [2.45, 2.75) is 20.3 Å². The van der Waals surface area contributed by atoms with Crippen molar-refractivity contribution < 1.29 is 19.7 Å². The van der Waals surface area contributed by atoms with Gasteiger partial charge in [0, 0.05) is 6.07 Å². The van der Waals surface area contributed by atoms with Crippen molar-refractivity contribution in [3.63, 3.8) is 0 Å². The highest BCUT2D eigenvalue weighted by atomic mass is 16.6. The summed E-state index contributed by atoms with van der Waals surface area (Å²) < 4.78 is 0. The van der Waals surface area contributed by atoms with Crippen molar-refractivity contribution in [3.8, 4) is 5.75 Å². The SMILES string of the molecule is CCc1ccc(/C(C)=N\NC(=O)c2cc([N+](=O)[O-])cc([N+](=O)[O-])c2O)cc1. The maximum Gasteiger partial charge on any atom is 0.318 e. The van der Waals surface area contributed by atoms with E-state index in [4.69, 9.17) is 0 Å². The highest BCUT2D eigenvalue weighted by molar-refractivity contribution is 6.02. The lowest BCUT2D eigenvalue weighted by Gasteiger charge is -2.06. The van der Waals surface area contributed by atoms with Crippen LogP contribution >= 0.6 is 0 Å². The minimum atomic E-state index is -1.01. The molecule has 2 aromatic carbocycles. The predicted octanol–water partition coefficient (Wildman–Crippen LogP) is 2.93. The van der Waals surface area contributed by atoms with Crippen LogP contribution in [0.4, 0.5) is 11.4 Å². The van der Waals surface area contributed by atoms with Gasteiger partial charge in [-0.1, -0.05) is 31.2 Å². The Hall–Kier alpha value is -3.82. The molecule has 10 heteroatoms. The molecular formula is C17H16N4O6. The van der Waals surface area contributed by atoms with Gasteiger partial charge in [0.25, 0.3) is 11.6 Å². The van der Waals surface area contributed by atoms with E-state index < -0.39 is 38.4 Å². The van der Waals surface area contributed by atoms with E-state index in [9.17, 15) is 30.1 Å². The number of phenolic OH excluding ortho intramolecular Hbond substituents is 1. The van der Waals surface area contributed by atoms with Crippen molar-refractivity contribution >= 4 is 23.0 Å². The molecule has 0 fully saturated rings. The van der Waals surface area contributed by atoms with Crippen LogP contribution in [0.1, 0.15) is 35.3 Å². The van der Waals surface area contributed by atoms with Crippen LogP contribution in [0.3, 0.4) is 0 Å². The second-order valence-corrected chi connectivity index (χ2v) is 5.56. The van der Waals surface area contributed by atoms with Gasteiger partial charge >= 0.3 is 5.69 Å². The van der Waals surface area contributed by atoms with Gasteiger partial charge in [-0.15, -0.1) is 0 Å². The number of rotatable bonds is 6. The molecule has 0 aliphatic heterocycles. The van der Waals surface area contributed by atoms with Crippen LogP contribution in [0.5, 0.6) is 5.75 Å². The molecule has 0 unspecified atom stereocenters. The number of hydrogen-bond acceptors (Lipinski definition) is 7. The normalized spacial score (nSPS) is 11.1. The van der Waals surface area contributed by atoms with Gasteiger partial charge in [0.15, 0.2) is 0 Å². The van der Waals surface area contributed by atoms with Gasteiger partial charge in [-0.3, -0.25) is 25.0 Å². The van der Waals surface area contributed by atoms with Crippen LogP contribution in [0.25, 0.3) is 0 Å². The van der Waals surface area contributed by atoms with E-state index in [0.29, 0.717) is 11.8 Å². The highest BCUT2D eigenvalue weighted by Gasteiger charge is 2.27. The zero-order valence-corrected chi connectivity index (χ0v) is 14.5. The van der Waals surface area contributed by atoms with Gasteiger partial charge in [0.1, 0.15) is 0 Å². The standard InChI is InChI=1S/C17H16N4O6/c1-3-11-4-6-12(7-5-11)10(2)18-19-17(23)14-8-13(20(24)25)9-15(16(14)22)21(26)27/h4-9,22H,3H2,1-2H3,(H,19,23)/b18-10-. The topological polar surface area (TPSA) is 148 Å². The molecule has 140 valence electrons. The Kier molecular flexibility index (Phi) is 5.81. The van der Waals surface area contributed by atoms with Gasteiger partial charge in [0.2, 0.25) is 5.75 Å². The number of nitro groups is 2. The summed E-state index contributed by atoms with van der Waals surface area (Å²) in [5.74, 6) is -1.98. The van der Waals surface area contributed by atoms with Crippen molar-refractivity contribution in [1.29, 1.82) is 0 Å². The number of nitro benzene ring substituents is 2. The molecule has 2 aromatic rings. The van der Waals surface area contributed by atoms with Crippen molar-refractivity contribution in [3.05, 3.63) is 73.3 Å². The molecule has 2 rings (SSSR count). The number of phenols is 1. The molecule has 0 heterocycles. The molecule has 0 radical (unpaired) electrons. The first-order valence-corrected chi connectivity index (χ1v) is 7.84. The van der Waals surface area contributed by atoms with Gasteiger partial charge < -0.3 is 5.11 Å². The van der Waals surface area contributed by atoms with Crippen LogP contribution in [-0.4, -0.2) is 26.6 Å². The third kappa shape index (κ3) is 4.42. The summed E-state index contributed by atoms with van der Waals surface area (Å²) in [6.45, 7) is 3.65. The minimum Gasteiger partial charge on any atom is -0.502 e. The van der Waals surface area contributed by atoms with Gasteiger partial charge in [-0.05, 0) is 24.5 Å². The Morgan fingerprint density at radius 2 is 1.78 bits per heavy atom. The van der Waals surface area contributed by atoms with E-state index in [-0.39, 0.29) is 0 Å². The number of non-ortho nitro benzene ring substituents is 1. The van der Waals surface area contributed by atoms with E-state index in [2.05, 4.69) is 10.5 Å². The first kappa shape index (κ1) is 19.5. The number of amides is 1. The van der Waals surface area contributed by atoms with E-state index in [1.54, 1.807) is 6.92 Å². The molecule has 0 aliphatic carbocycles. The maximum atomic E-state index is 12.2. The zero-order chi connectivity index (χ0) is 20.1. The summed E-state index contributed by atoms with van der Waals surface area (Å²) in [4.78, 5) is 32.2. The number of hydrogen-bond donors (Lipinski definition) is 2. The van der Waals surface area contributed by atoms with Crippen molar-refractivity contribution in [1.82, 2.24) is 5.43 Å². The number of nitrogens with zero attached hydrogens (tertiary/aromatic N) is 3. The summed E-state index contributed by atoms with van der Waals surface area (Å²) in [6.07, 6.45) is 0.873. The summed E-state index contributed by atoms with van der Waals surface area (Å²) in [5, 5.41) is 35.6. The molecule has 10 nitrogen and oxygen atoms in total. The number of carbonyl (C=O) groups is 1. The molecule has 0 bridgehead atoms. The molecule has 27 heavy (non-hydrogen) atoms. The fraction of sp³-hybridized carbons (Fsp3) is 0.176. The lowest BCUT2D eigenvalue weighted by atomic mass is 10.1. The molecule has 0 atom stereocenters. The lowest BCUT2D eigenvalue weighted by Crippen LogP contribution is -2.20. The summed E-state index contributed by atoms with van der Waals surface area (Å²) in [5.41, 5.74) is 2.21. The second kappa shape index (κ2) is 8.04. The van der Waals surface area contributed by atoms with Gasteiger partial charge in [-0.25, -0.2) is 5.43 Å². The van der Waals surface area contributed by atoms with E-state index in [1.807, 2.05) is 31.2 Å². The molecule has 0 aromatic heterocycles. The summed E-state index contributed by atoms with van der Waals surface area (Å²) >= 11 is 0. The van der Waals surface area contributed by atoms with E-state index >= 15 is 0 Å². The quantitative estimate of drug-likeness (QED) is 0.452. The van der Waals surface area contributed by atoms with Gasteiger partial charge in [0.05, 0.1) is 27.2 Å². The highest BCUT2D eigenvalue weighted by Crippen LogP contribution is 2.34. The first-order chi connectivity index (χ1) is 12.7. The minimum absolute atomic E-state index is 0.449. The third-order valence-corrected chi connectivity index (χ3v) is 3.83. The Morgan fingerprint density at radius 1 is 1.15 bits per heavy atom. The molecule has 0 spiro atoms. The van der Waals surface area contributed by atoms with Crippen LogP contribution in [0.15, 0.2) is 41.5 Å². The first-order valence-electron chi connectivity index (χ1n) is 7.84. The lowest BCUT2D eigenvalue weighted by molar-refractivity contribution is -0.394. The Morgan fingerprint density at radius 3 is 2.30 bits per heavy atom. The molecule has 0 saturated heterocycles. The molecular weight excluding hydrogens is 356 g/mol.